The summed E-state index contributed by atoms with van der Waals surface area (Å²) < 4.78 is 7.62. The van der Waals surface area contributed by atoms with Gasteiger partial charge in [0.05, 0.1) is 15.9 Å². The van der Waals surface area contributed by atoms with E-state index in [9.17, 15) is 4.79 Å². The lowest BCUT2D eigenvalue weighted by molar-refractivity contribution is -0.118. The maximum absolute atomic E-state index is 12.3. The fourth-order valence-electron chi connectivity index (χ4n) is 2.63. The summed E-state index contributed by atoms with van der Waals surface area (Å²) in [5.74, 6) is 0.430. The van der Waals surface area contributed by atoms with Crippen LogP contribution in [0.25, 0.3) is 20.8 Å². The van der Waals surface area contributed by atoms with Crippen LogP contribution in [0, 0.1) is 0 Å². The van der Waals surface area contributed by atoms with Gasteiger partial charge in [0.25, 0.3) is 5.91 Å². The number of amides is 1. The molecule has 0 unspecified atom stereocenters. The number of carbonyl (C=O) groups is 1. The normalized spacial score (nSPS) is 10.7. The van der Waals surface area contributed by atoms with Crippen molar-refractivity contribution in [2.45, 2.75) is 0 Å². The first-order chi connectivity index (χ1) is 13.2. The molecule has 0 aliphatic carbocycles. The SMILES string of the molecule is O=C(COc1ccc(Br)cc1)Nc1ccccc1-c1nc2ccccc2s1. The number of fused-ring (bicyclic) bond motifs is 1. The van der Waals surface area contributed by atoms with Crippen LogP contribution in [0.5, 0.6) is 5.75 Å². The standard InChI is InChI=1S/C21H15BrN2O2S/c22-14-9-11-15(12-10-14)26-13-20(25)23-17-6-2-1-5-16(17)21-24-18-7-3-4-8-19(18)27-21/h1-12H,13H2,(H,23,25). The van der Waals surface area contributed by atoms with E-state index in [1.54, 1.807) is 11.3 Å². The lowest BCUT2D eigenvalue weighted by atomic mass is 10.2. The lowest BCUT2D eigenvalue weighted by Crippen LogP contribution is -2.20. The maximum atomic E-state index is 12.3. The van der Waals surface area contributed by atoms with Crippen LogP contribution in [-0.2, 0) is 4.79 Å². The highest BCUT2D eigenvalue weighted by atomic mass is 79.9. The van der Waals surface area contributed by atoms with Crippen molar-refractivity contribution in [3.63, 3.8) is 0 Å². The number of hydrogen-bond acceptors (Lipinski definition) is 4. The fraction of sp³-hybridized carbons (Fsp3) is 0.0476. The Balaban J connectivity index is 1.50. The first-order valence-electron chi connectivity index (χ1n) is 8.32. The van der Waals surface area contributed by atoms with Crippen LogP contribution in [-0.4, -0.2) is 17.5 Å². The van der Waals surface area contributed by atoms with Gasteiger partial charge in [-0.3, -0.25) is 4.79 Å². The van der Waals surface area contributed by atoms with E-state index in [4.69, 9.17) is 4.74 Å². The predicted octanol–water partition coefficient (Wildman–Crippen LogP) is 5.74. The van der Waals surface area contributed by atoms with Crippen molar-refractivity contribution in [2.75, 3.05) is 11.9 Å². The Morgan fingerprint density at radius 1 is 1.00 bits per heavy atom. The van der Waals surface area contributed by atoms with Gasteiger partial charge in [-0.25, -0.2) is 4.98 Å². The lowest BCUT2D eigenvalue weighted by Gasteiger charge is -2.10. The van der Waals surface area contributed by atoms with Gasteiger partial charge in [0.15, 0.2) is 6.61 Å². The molecule has 1 aromatic heterocycles. The van der Waals surface area contributed by atoms with E-state index in [0.717, 1.165) is 30.9 Å². The minimum absolute atomic E-state index is 0.0597. The smallest absolute Gasteiger partial charge is 0.262 e. The Morgan fingerprint density at radius 3 is 2.56 bits per heavy atom. The van der Waals surface area contributed by atoms with Gasteiger partial charge in [-0.1, -0.05) is 40.2 Å². The number of hydrogen-bond donors (Lipinski definition) is 1. The Hall–Kier alpha value is -2.70. The Labute approximate surface area is 169 Å². The van der Waals surface area contributed by atoms with Crippen molar-refractivity contribution in [1.29, 1.82) is 0 Å². The van der Waals surface area contributed by atoms with E-state index in [1.165, 1.54) is 0 Å². The van der Waals surface area contributed by atoms with Crippen molar-refractivity contribution in [3.05, 3.63) is 77.3 Å². The van der Waals surface area contributed by atoms with Gasteiger partial charge in [0, 0.05) is 10.0 Å². The molecule has 0 saturated carbocycles. The second-order valence-electron chi connectivity index (χ2n) is 5.82. The average molecular weight is 439 g/mol. The summed E-state index contributed by atoms with van der Waals surface area (Å²) in [6, 6.07) is 23.0. The monoisotopic (exact) mass is 438 g/mol. The number of benzene rings is 3. The van der Waals surface area contributed by atoms with E-state index < -0.39 is 0 Å². The van der Waals surface area contributed by atoms with Gasteiger partial charge in [0.1, 0.15) is 10.8 Å². The topological polar surface area (TPSA) is 51.2 Å². The van der Waals surface area contributed by atoms with E-state index >= 15 is 0 Å². The van der Waals surface area contributed by atoms with E-state index in [0.29, 0.717) is 5.75 Å². The van der Waals surface area contributed by atoms with Gasteiger partial charge >= 0.3 is 0 Å². The second kappa shape index (κ2) is 7.90. The van der Waals surface area contributed by atoms with Crippen molar-refractivity contribution >= 4 is 49.1 Å². The third-order valence-electron chi connectivity index (χ3n) is 3.91. The van der Waals surface area contributed by atoms with Gasteiger partial charge in [-0.2, -0.15) is 0 Å². The Kier molecular flexibility index (Phi) is 5.18. The molecule has 0 spiro atoms. The number of thiazole rings is 1. The van der Waals surface area contributed by atoms with E-state index in [1.807, 2.05) is 72.8 Å². The number of rotatable bonds is 5. The second-order valence-corrected chi connectivity index (χ2v) is 7.77. The highest BCUT2D eigenvalue weighted by Gasteiger charge is 2.12. The molecule has 0 bridgehead atoms. The van der Waals surface area contributed by atoms with Crippen LogP contribution < -0.4 is 10.1 Å². The summed E-state index contributed by atoms with van der Waals surface area (Å²) in [5, 5.41) is 3.80. The van der Waals surface area contributed by atoms with Crippen molar-refractivity contribution < 1.29 is 9.53 Å². The molecule has 0 saturated heterocycles. The highest BCUT2D eigenvalue weighted by molar-refractivity contribution is 9.10. The van der Waals surface area contributed by atoms with Crippen molar-refractivity contribution in [2.24, 2.45) is 0 Å². The molecule has 27 heavy (non-hydrogen) atoms. The number of nitrogens with one attached hydrogen (secondary N) is 1. The Morgan fingerprint density at radius 2 is 1.74 bits per heavy atom. The van der Waals surface area contributed by atoms with Crippen LogP contribution in [0.4, 0.5) is 5.69 Å². The number of ether oxygens (including phenoxy) is 1. The summed E-state index contributed by atoms with van der Waals surface area (Å²) in [7, 11) is 0. The Bertz CT molecular complexity index is 1060. The van der Waals surface area contributed by atoms with Crippen molar-refractivity contribution in [3.8, 4) is 16.3 Å². The maximum Gasteiger partial charge on any atom is 0.262 e. The minimum Gasteiger partial charge on any atom is -0.484 e. The molecule has 0 aliphatic rings. The molecule has 4 nitrogen and oxygen atoms in total. The molecule has 1 amide bonds. The molecule has 4 rings (SSSR count). The first kappa shape index (κ1) is 17.7. The molecular formula is C21H15BrN2O2S. The molecule has 1 heterocycles. The minimum atomic E-state index is -0.216. The van der Waals surface area contributed by atoms with E-state index in [-0.39, 0.29) is 12.5 Å². The number of carbonyl (C=O) groups excluding carboxylic acids is 1. The zero-order valence-corrected chi connectivity index (χ0v) is 16.6. The largest absolute Gasteiger partial charge is 0.484 e. The number of para-hydroxylation sites is 2. The number of nitrogens with zero attached hydrogens (tertiary/aromatic N) is 1. The van der Waals surface area contributed by atoms with Crippen LogP contribution in [0.1, 0.15) is 0 Å². The molecule has 0 fully saturated rings. The van der Waals surface area contributed by atoms with Gasteiger partial charge in [-0.15, -0.1) is 11.3 Å². The first-order valence-corrected chi connectivity index (χ1v) is 9.93. The van der Waals surface area contributed by atoms with Crippen LogP contribution in [0.15, 0.2) is 77.3 Å². The number of aromatic nitrogens is 1. The van der Waals surface area contributed by atoms with E-state index in [2.05, 4.69) is 26.2 Å². The van der Waals surface area contributed by atoms with Gasteiger partial charge in [-0.05, 0) is 48.5 Å². The molecule has 0 atom stereocenters. The zero-order valence-electron chi connectivity index (χ0n) is 14.2. The zero-order chi connectivity index (χ0) is 18.6. The fourth-order valence-corrected chi connectivity index (χ4v) is 3.90. The van der Waals surface area contributed by atoms with Crippen LogP contribution >= 0.6 is 27.3 Å². The molecule has 6 heteroatoms. The molecule has 3 aromatic carbocycles. The van der Waals surface area contributed by atoms with Gasteiger partial charge in [0.2, 0.25) is 0 Å². The molecule has 134 valence electrons. The highest BCUT2D eigenvalue weighted by Crippen LogP contribution is 2.34. The van der Waals surface area contributed by atoms with Crippen molar-refractivity contribution in [1.82, 2.24) is 4.98 Å². The number of anilines is 1. The summed E-state index contributed by atoms with van der Waals surface area (Å²) in [5.41, 5.74) is 2.58. The number of halogens is 1. The molecule has 1 N–H and O–H groups in total. The van der Waals surface area contributed by atoms with Gasteiger partial charge < -0.3 is 10.1 Å². The third kappa shape index (κ3) is 4.18. The third-order valence-corrected chi connectivity index (χ3v) is 5.51. The summed E-state index contributed by atoms with van der Waals surface area (Å²) in [6.07, 6.45) is 0. The molecule has 0 aliphatic heterocycles. The molecule has 4 aromatic rings. The summed E-state index contributed by atoms with van der Waals surface area (Å²) in [6.45, 7) is -0.0597. The van der Waals surface area contributed by atoms with Crippen LogP contribution in [0.3, 0.4) is 0 Å². The quantitative estimate of drug-likeness (QED) is 0.431. The summed E-state index contributed by atoms with van der Waals surface area (Å²) >= 11 is 4.98. The molecular weight excluding hydrogens is 424 g/mol. The predicted molar refractivity (Wildman–Crippen MR) is 113 cm³/mol. The molecule has 0 radical (unpaired) electrons. The average Bonchev–Trinajstić information content (AvgIpc) is 3.12. The van der Waals surface area contributed by atoms with Crippen LogP contribution in [0.2, 0.25) is 0 Å². The summed E-state index contributed by atoms with van der Waals surface area (Å²) in [4.78, 5) is 17.0.